The number of nitrogens with zero attached hydrogens (tertiary/aromatic N) is 1. The quantitative estimate of drug-likeness (QED) is 0.0195. The molecule has 0 fully saturated rings. The van der Waals surface area contributed by atoms with Gasteiger partial charge in [0.05, 0.1) is 27.7 Å². The SMILES string of the molecule is CC/C=C\C/C=C\C/C=C\C/C=C\C/C=C\C/C=C\C/C=C\C/C=C\CCCCCCCCCCCCCCCCCCC(=O)OC(COC(=O)CCCCCCCCCCCCC/C=C\CCCCCCCCCC)COP(=O)([O-])OCC[N+](C)(C)C. The average molecular weight is 1250 g/mol. The van der Waals surface area contributed by atoms with Crippen LogP contribution < -0.4 is 4.89 Å². The number of likely N-dealkylation sites (N-methyl/N-ethyl adjacent to an activating group) is 1. The Bertz CT molecular complexity index is 1850. The summed E-state index contributed by atoms with van der Waals surface area (Å²) in [5, 5.41) is 0. The first-order valence-corrected chi connectivity index (χ1v) is 38.1. The number of rotatable bonds is 67. The van der Waals surface area contributed by atoms with Crippen molar-refractivity contribution in [1.82, 2.24) is 0 Å². The highest BCUT2D eigenvalue weighted by atomic mass is 31.2. The highest BCUT2D eigenvalue weighted by molar-refractivity contribution is 7.45. The van der Waals surface area contributed by atoms with Crippen LogP contribution in [0, 0.1) is 0 Å². The number of unbranched alkanes of at least 4 members (excludes halogenated alkanes) is 35. The number of phosphoric acid groups is 1. The third-order valence-electron chi connectivity index (χ3n) is 15.8. The monoisotopic (exact) mass is 1250 g/mol. The minimum absolute atomic E-state index is 0.0327. The van der Waals surface area contributed by atoms with Gasteiger partial charge in [0.2, 0.25) is 0 Å². The molecular weight excluding hydrogens is 1110 g/mol. The van der Waals surface area contributed by atoms with Crippen molar-refractivity contribution in [2.45, 2.75) is 328 Å². The van der Waals surface area contributed by atoms with Gasteiger partial charge >= 0.3 is 11.9 Å². The lowest BCUT2D eigenvalue weighted by atomic mass is 10.0. The molecule has 0 rings (SSSR count). The van der Waals surface area contributed by atoms with E-state index in [1.54, 1.807) is 0 Å². The molecule has 508 valence electrons. The molecule has 0 aromatic heterocycles. The zero-order valence-electron chi connectivity index (χ0n) is 57.9. The van der Waals surface area contributed by atoms with Crippen molar-refractivity contribution in [3.05, 3.63) is 109 Å². The minimum atomic E-state index is -4.65. The molecule has 0 aliphatic carbocycles. The van der Waals surface area contributed by atoms with Gasteiger partial charge in [-0.3, -0.25) is 14.2 Å². The first-order chi connectivity index (χ1) is 43.0. The summed E-state index contributed by atoms with van der Waals surface area (Å²) in [7, 11) is 1.17. The molecule has 10 heteroatoms. The van der Waals surface area contributed by atoms with E-state index in [9.17, 15) is 19.0 Å². The summed E-state index contributed by atoms with van der Waals surface area (Å²) in [6, 6.07) is 0. The van der Waals surface area contributed by atoms with E-state index in [1.807, 2.05) is 21.1 Å². The van der Waals surface area contributed by atoms with Crippen LogP contribution >= 0.6 is 7.82 Å². The summed E-state index contributed by atoms with van der Waals surface area (Å²) < 4.78 is 34.3. The molecular formula is C78H138NO8P. The van der Waals surface area contributed by atoms with E-state index < -0.39 is 26.5 Å². The van der Waals surface area contributed by atoms with Gasteiger partial charge in [-0.15, -0.1) is 0 Å². The van der Waals surface area contributed by atoms with Gasteiger partial charge in [-0.2, -0.15) is 0 Å². The molecule has 0 heterocycles. The third kappa shape index (κ3) is 71.7. The Morgan fingerprint density at radius 2 is 0.648 bits per heavy atom. The van der Waals surface area contributed by atoms with Crippen molar-refractivity contribution in [3.63, 3.8) is 0 Å². The van der Waals surface area contributed by atoms with Crippen LogP contribution in [0.2, 0.25) is 0 Å². The normalized spacial score (nSPS) is 13.8. The van der Waals surface area contributed by atoms with Gasteiger partial charge in [0, 0.05) is 12.8 Å². The lowest BCUT2D eigenvalue weighted by molar-refractivity contribution is -0.870. The number of quaternary nitrogens is 1. The molecule has 0 N–H and O–H groups in total. The molecule has 0 bridgehead atoms. The van der Waals surface area contributed by atoms with Crippen molar-refractivity contribution in [2.75, 3.05) is 47.5 Å². The zero-order valence-corrected chi connectivity index (χ0v) is 58.8. The Morgan fingerprint density at radius 3 is 0.977 bits per heavy atom. The van der Waals surface area contributed by atoms with Crippen molar-refractivity contribution in [3.8, 4) is 0 Å². The number of ether oxygens (including phenoxy) is 2. The maximum Gasteiger partial charge on any atom is 0.306 e. The molecule has 0 saturated heterocycles. The largest absolute Gasteiger partial charge is 0.756 e. The predicted octanol–water partition coefficient (Wildman–Crippen LogP) is 23.4. The second-order valence-corrected chi connectivity index (χ2v) is 27.0. The fourth-order valence-electron chi connectivity index (χ4n) is 10.2. The Kier molecular flexibility index (Phi) is 65.5. The average Bonchev–Trinajstić information content (AvgIpc) is 3.58. The molecule has 9 nitrogen and oxygen atoms in total. The zero-order chi connectivity index (χ0) is 64.1. The summed E-state index contributed by atoms with van der Waals surface area (Å²) >= 11 is 0. The Balaban J connectivity index is 4.00. The summed E-state index contributed by atoms with van der Waals surface area (Å²) in [5.74, 6) is -0.825. The van der Waals surface area contributed by atoms with E-state index in [4.69, 9.17) is 18.5 Å². The molecule has 0 saturated carbocycles. The van der Waals surface area contributed by atoms with Gasteiger partial charge in [0.25, 0.3) is 7.82 Å². The van der Waals surface area contributed by atoms with E-state index in [0.29, 0.717) is 17.4 Å². The van der Waals surface area contributed by atoms with Gasteiger partial charge < -0.3 is 27.9 Å². The van der Waals surface area contributed by atoms with Crippen molar-refractivity contribution >= 4 is 19.8 Å². The molecule has 0 amide bonds. The van der Waals surface area contributed by atoms with Crippen LogP contribution in [0.15, 0.2) is 109 Å². The first kappa shape index (κ1) is 84.7. The van der Waals surface area contributed by atoms with Crippen LogP contribution in [0.4, 0.5) is 0 Å². The summed E-state index contributed by atoms with van der Waals surface area (Å²) in [6.45, 7) is 4.16. The highest BCUT2D eigenvalue weighted by Crippen LogP contribution is 2.38. The molecule has 0 aromatic rings. The molecule has 0 aliphatic heterocycles. The lowest BCUT2D eigenvalue weighted by Gasteiger charge is -2.28. The van der Waals surface area contributed by atoms with Crippen LogP contribution in [0.5, 0.6) is 0 Å². The Hall–Kier alpha value is -3.33. The summed E-state index contributed by atoms with van der Waals surface area (Å²) in [6.07, 6.45) is 96.1. The predicted molar refractivity (Wildman–Crippen MR) is 378 cm³/mol. The van der Waals surface area contributed by atoms with Gasteiger partial charge in [-0.25, -0.2) is 0 Å². The maximum absolute atomic E-state index is 12.9. The topological polar surface area (TPSA) is 111 Å². The lowest BCUT2D eigenvalue weighted by Crippen LogP contribution is -2.37. The van der Waals surface area contributed by atoms with Crippen LogP contribution in [0.25, 0.3) is 0 Å². The molecule has 2 unspecified atom stereocenters. The minimum Gasteiger partial charge on any atom is -0.756 e. The molecule has 0 spiro atoms. The van der Waals surface area contributed by atoms with Crippen LogP contribution in [0.1, 0.15) is 322 Å². The van der Waals surface area contributed by atoms with Gasteiger partial charge in [-0.1, -0.05) is 316 Å². The number of hydrogen-bond acceptors (Lipinski definition) is 8. The van der Waals surface area contributed by atoms with E-state index in [-0.39, 0.29) is 32.0 Å². The summed E-state index contributed by atoms with van der Waals surface area (Å²) in [4.78, 5) is 38.1. The Morgan fingerprint density at radius 1 is 0.364 bits per heavy atom. The molecule has 0 radical (unpaired) electrons. The van der Waals surface area contributed by atoms with Crippen LogP contribution in [0.3, 0.4) is 0 Å². The smallest absolute Gasteiger partial charge is 0.306 e. The van der Waals surface area contributed by atoms with Crippen LogP contribution in [-0.2, 0) is 32.7 Å². The molecule has 2 atom stereocenters. The van der Waals surface area contributed by atoms with E-state index in [2.05, 4.69) is 123 Å². The fraction of sp³-hybridized carbons (Fsp3) is 0.744. The second-order valence-electron chi connectivity index (χ2n) is 25.6. The number of carbonyl (C=O) groups excluding carboxylic acids is 2. The number of allylic oxidation sites excluding steroid dienone is 18. The van der Waals surface area contributed by atoms with E-state index >= 15 is 0 Å². The van der Waals surface area contributed by atoms with E-state index in [0.717, 1.165) is 89.9 Å². The van der Waals surface area contributed by atoms with Gasteiger partial charge in [-0.05, 0) is 103 Å². The summed E-state index contributed by atoms with van der Waals surface area (Å²) in [5.41, 5.74) is 0. The molecule has 88 heavy (non-hydrogen) atoms. The van der Waals surface area contributed by atoms with Gasteiger partial charge in [0.1, 0.15) is 19.8 Å². The number of esters is 2. The maximum atomic E-state index is 12.9. The van der Waals surface area contributed by atoms with Crippen LogP contribution in [-0.4, -0.2) is 70.0 Å². The number of carbonyl (C=O) groups is 2. The standard InChI is InChI=1S/C78H138NO8P/c1-6-8-10-12-14-16-18-20-22-24-26-28-30-31-32-33-34-35-36-37-38-39-40-41-42-43-44-45-46-47-49-51-53-55-57-59-61-63-65-67-69-71-78(81)87-76(75-86-88(82,83)85-73-72-79(3,4)5)74-84-77(80)70-68-66-64-62-60-58-56-54-52-50-48-29-27-25-23-21-19-17-15-13-11-9-7-2/h8,10,14,16,20,22,25-28,31-32,34-35,37-38,40-41,76H,6-7,9,11-13,15,17-19,21,23-24,29-30,33,36,39,42-75H2,1-5H3/b10-8-,16-14-,22-20-,27-25-,28-26-,32-31-,35-34-,38-37-,41-40-. The number of phosphoric ester groups is 1. The third-order valence-corrected chi connectivity index (χ3v) is 16.7. The number of hydrogen-bond donors (Lipinski definition) is 0. The van der Waals surface area contributed by atoms with Crippen molar-refractivity contribution < 1.29 is 42.1 Å². The second kappa shape index (κ2) is 68.0. The Labute approximate surface area is 544 Å². The molecule has 0 aromatic carbocycles. The molecule has 0 aliphatic rings. The fourth-order valence-corrected chi connectivity index (χ4v) is 10.9. The highest BCUT2D eigenvalue weighted by Gasteiger charge is 2.22. The van der Waals surface area contributed by atoms with Gasteiger partial charge in [0.15, 0.2) is 6.10 Å². The van der Waals surface area contributed by atoms with Crippen molar-refractivity contribution in [1.29, 1.82) is 0 Å². The van der Waals surface area contributed by atoms with E-state index in [1.165, 1.54) is 199 Å². The first-order valence-electron chi connectivity index (χ1n) is 36.6. The van der Waals surface area contributed by atoms with Crippen molar-refractivity contribution in [2.24, 2.45) is 0 Å².